The van der Waals surface area contributed by atoms with Crippen molar-refractivity contribution in [2.45, 2.75) is 59.7 Å². The van der Waals surface area contributed by atoms with Gasteiger partial charge in [0.15, 0.2) is 5.82 Å². The average Bonchev–Trinajstić information content (AvgIpc) is 3.22. The Morgan fingerprint density at radius 1 is 1.03 bits per heavy atom. The zero-order valence-electron chi connectivity index (χ0n) is 20.1. The lowest BCUT2D eigenvalue weighted by Crippen LogP contribution is -2.32. The van der Waals surface area contributed by atoms with Crippen LogP contribution in [-0.2, 0) is 25.0 Å². The zero-order valence-corrected chi connectivity index (χ0v) is 20.1. The summed E-state index contributed by atoms with van der Waals surface area (Å²) in [6, 6.07) is 16.6. The smallest absolute Gasteiger partial charge is 0.252 e. The molecule has 7 nitrogen and oxygen atoms in total. The lowest BCUT2D eigenvalue weighted by molar-refractivity contribution is 0.234. The highest BCUT2D eigenvalue weighted by Crippen LogP contribution is 2.20. The van der Waals surface area contributed by atoms with Crippen molar-refractivity contribution < 1.29 is 0 Å². The molecule has 0 saturated carbocycles. The Kier molecular flexibility index (Phi) is 6.42. The molecule has 4 rings (SSSR count). The number of nitrogens with zero attached hydrogens (tertiary/aromatic N) is 5. The van der Waals surface area contributed by atoms with Gasteiger partial charge in [-0.05, 0) is 80.3 Å². The van der Waals surface area contributed by atoms with Crippen LogP contribution in [0.3, 0.4) is 0 Å². The van der Waals surface area contributed by atoms with Gasteiger partial charge in [0.05, 0.1) is 12.1 Å². The van der Waals surface area contributed by atoms with Crippen LogP contribution in [0.1, 0.15) is 48.8 Å². The Labute approximate surface area is 194 Å². The molecule has 0 aliphatic heterocycles. The number of aromatic amines is 1. The standard InChI is InChI=1S/C26H32N6O/c1-18-13-19(2)22-15-21(25(33)27-23(22)14-18)16-31(12-11-20-9-7-6-8-10-20)17-24-28-29-30-32(24)26(3,4)5/h6-10,13-15H,11-12,16-17H2,1-5H3,(H,27,33). The first-order valence-electron chi connectivity index (χ1n) is 11.4. The number of H-pyrrole nitrogens is 1. The van der Waals surface area contributed by atoms with E-state index in [1.54, 1.807) is 0 Å². The number of hydrogen-bond donors (Lipinski definition) is 1. The molecule has 0 fully saturated rings. The SMILES string of the molecule is Cc1cc(C)c2cc(CN(CCc3ccccc3)Cc3nnnn3C(C)(C)C)c(=O)[nH]c2c1. The van der Waals surface area contributed by atoms with Gasteiger partial charge in [0, 0.05) is 29.6 Å². The van der Waals surface area contributed by atoms with Gasteiger partial charge >= 0.3 is 0 Å². The zero-order chi connectivity index (χ0) is 23.6. The van der Waals surface area contributed by atoms with Gasteiger partial charge < -0.3 is 4.98 Å². The predicted octanol–water partition coefficient (Wildman–Crippen LogP) is 4.13. The van der Waals surface area contributed by atoms with Crippen LogP contribution in [0.25, 0.3) is 10.9 Å². The largest absolute Gasteiger partial charge is 0.322 e. The second-order valence-corrected chi connectivity index (χ2v) is 9.79. The van der Waals surface area contributed by atoms with Crippen molar-refractivity contribution in [3.05, 3.63) is 87.0 Å². The molecule has 172 valence electrons. The number of aryl methyl sites for hydroxylation is 2. The normalized spacial score (nSPS) is 12.1. The molecular weight excluding hydrogens is 412 g/mol. The third kappa shape index (κ3) is 5.37. The van der Waals surface area contributed by atoms with E-state index in [4.69, 9.17) is 0 Å². The van der Waals surface area contributed by atoms with Crippen molar-refractivity contribution in [3.8, 4) is 0 Å². The topological polar surface area (TPSA) is 79.7 Å². The third-order valence-corrected chi connectivity index (χ3v) is 5.88. The molecule has 1 N–H and O–H groups in total. The number of benzene rings is 2. The van der Waals surface area contributed by atoms with Gasteiger partial charge in [-0.25, -0.2) is 4.68 Å². The summed E-state index contributed by atoms with van der Waals surface area (Å²) in [7, 11) is 0. The highest BCUT2D eigenvalue weighted by atomic mass is 16.1. The molecular formula is C26H32N6O. The van der Waals surface area contributed by atoms with Crippen LogP contribution in [0.15, 0.2) is 53.3 Å². The molecule has 0 unspecified atom stereocenters. The Morgan fingerprint density at radius 2 is 1.79 bits per heavy atom. The first-order valence-corrected chi connectivity index (χ1v) is 11.4. The summed E-state index contributed by atoms with van der Waals surface area (Å²) < 4.78 is 1.86. The monoisotopic (exact) mass is 444 g/mol. The van der Waals surface area contributed by atoms with Crippen LogP contribution in [0, 0.1) is 13.8 Å². The first kappa shape index (κ1) is 22.9. The molecule has 2 aromatic carbocycles. The van der Waals surface area contributed by atoms with Crippen molar-refractivity contribution in [1.82, 2.24) is 30.1 Å². The van der Waals surface area contributed by atoms with E-state index in [9.17, 15) is 4.79 Å². The molecule has 0 bridgehead atoms. The quantitative estimate of drug-likeness (QED) is 0.464. The molecule has 0 amide bonds. The third-order valence-electron chi connectivity index (χ3n) is 5.88. The minimum absolute atomic E-state index is 0.0485. The summed E-state index contributed by atoms with van der Waals surface area (Å²) in [5.74, 6) is 0.791. The van der Waals surface area contributed by atoms with Crippen molar-refractivity contribution in [2.75, 3.05) is 6.54 Å². The summed E-state index contributed by atoms with van der Waals surface area (Å²) in [6.07, 6.45) is 0.877. The van der Waals surface area contributed by atoms with Gasteiger partial charge in [0.25, 0.3) is 5.56 Å². The maximum atomic E-state index is 13.0. The van der Waals surface area contributed by atoms with E-state index in [1.165, 1.54) is 5.56 Å². The predicted molar refractivity (Wildman–Crippen MR) is 131 cm³/mol. The Hall–Kier alpha value is -3.32. The van der Waals surface area contributed by atoms with E-state index in [-0.39, 0.29) is 11.1 Å². The molecule has 0 aliphatic carbocycles. The van der Waals surface area contributed by atoms with Crippen LogP contribution < -0.4 is 5.56 Å². The fraction of sp³-hybridized carbons (Fsp3) is 0.385. The van der Waals surface area contributed by atoms with Crippen LogP contribution in [0.4, 0.5) is 0 Å². The van der Waals surface area contributed by atoms with E-state index in [1.807, 2.05) is 29.8 Å². The average molecular weight is 445 g/mol. The van der Waals surface area contributed by atoms with E-state index in [2.05, 4.69) is 83.4 Å². The van der Waals surface area contributed by atoms with Crippen molar-refractivity contribution in [3.63, 3.8) is 0 Å². The second-order valence-electron chi connectivity index (χ2n) is 9.79. The Morgan fingerprint density at radius 3 is 2.52 bits per heavy atom. The molecule has 2 aromatic heterocycles. The lowest BCUT2D eigenvalue weighted by atomic mass is 10.0. The van der Waals surface area contributed by atoms with Gasteiger partial charge in [-0.1, -0.05) is 36.4 Å². The van der Waals surface area contributed by atoms with Crippen molar-refractivity contribution in [1.29, 1.82) is 0 Å². The van der Waals surface area contributed by atoms with Crippen LogP contribution in [-0.4, -0.2) is 36.6 Å². The lowest BCUT2D eigenvalue weighted by Gasteiger charge is -2.25. The fourth-order valence-electron chi connectivity index (χ4n) is 4.25. The van der Waals surface area contributed by atoms with Crippen LogP contribution >= 0.6 is 0 Å². The molecule has 0 spiro atoms. The van der Waals surface area contributed by atoms with E-state index in [0.29, 0.717) is 13.1 Å². The maximum Gasteiger partial charge on any atom is 0.252 e. The minimum atomic E-state index is -0.223. The summed E-state index contributed by atoms with van der Waals surface area (Å²) in [5.41, 5.74) is 4.92. The molecule has 2 heterocycles. The van der Waals surface area contributed by atoms with Crippen molar-refractivity contribution in [2.24, 2.45) is 0 Å². The van der Waals surface area contributed by atoms with E-state index in [0.717, 1.165) is 46.4 Å². The fourth-order valence-corrected chi connectivity index (χ4v) is 4.25. The van der Waals surface area contributed by atoms with Gasteiger partial charge in [0.1, 0.15) is 0 Å². The number of fused-ring (bicyclic) bond motifs is 1. The summed E-state index contributed by atoms with van der Waals surface area (Å²) in [5, 5.41) is 13.5. The van der Waals surface area contributed by atoms with E-state index >= 15 is 0 Å². The number of pyridine rings is 1. The highest BCUT2D eigenvalue weighted by molar-refractivity contribution is 5.83. The van der Waals surface area contributed by atoms with Gasteiger partial charge in [0.2, 0.25) is 0 Å². The highest BCUT2D eigenvalue weighted by Gasteiger charge is 2.22. The van der Waals surface area contributed by atoms with Crippen molar-refractivity contribution >= 4 is 10.9 Å². The molecule has 7 heteroatoms. The molecule has 0 saturated heterocycles. The molecule has 4 aromatic rings. The van der Waals surface area contributed by atoms with Gasteiger partial charge in [-0.2, -0.15) is 0 Å². The summed E-state index contributed by atoms with van der Waals surface area (Å²) >= 11 is 0. The molecule has 0 aliphatic rings. The Bertz CT molecular complexity index is 1300. The molecule has 0 radical (unpaired) electrons. The van der Waals surface area contributed by atoms with E-state index < -0.39 is 0 Å². The Balaban J connectivity index is 1.65. The first-order chi connectivity index (χ1) is 15.7. The second kappa shape index (κ2) is 9.27. The van der Waals surface area contributed by atoms with Crippen LogP contribution in [0.2, 0.25) is 0 Å². The van der Waals surface area contributed by atoms with Crippen LogP contribution in [0.5, 0.6) is 0 Å². The number of nitrogens with one attached hydrogen (secondary N) is 1. The molecule has 0 atom stereocenters. The summed E-state index contributed by atoms with van der Waals surface area (Å²) in [6.45, 7) is 12.2. The number of aromatic nitrogens is 5. The van der Waals surface area contributed by atoms with Gasteiger partial charge in [-0.15, -0.1) is 5.10 Å². The summed E-state index contributed by atoms with van der Waals surface area (Å²) in [4.78, 5) is 18.3. The van der Waals surface area contributed by atoms with Gasteiger partial charge in [-0.3, -0.25) is 9.69 Å². The number of hydrogen-bond acceptors (Lipinski definition) is 5. The maximum absolute atomic E-state index is 13.0. The molecule has 33 heavy (non-hydrogen) atoms. The minimum Gasteiger partial charge on any atom is -0.322 e. The number of rotatable bonds is 7. The number of tetrazole rings is 1.